The summed E-state index contributed by atoms with van der Waals surface area (Å²) in [7, 11) is 0.521. The maximum atomic E-state index is 11.7. The van der Waals surface area contributed by atoms with Gasteiger partial charge in [-0.05, 0) is 19.2 Å². The van der Waals surface area contributed by atoms with Crippen molar-refractivity contribution in [2.75, 3.05) is 25.5 Å². The van der Waals surface area contributed by atoms with Gasteiger partial charge in [-0.2, -0.15) is 0 Å². The maximum absolute atomic E-state index is 11.7. The highest BCUT2D eigenvalue weighted by atomic mass is 16.6. The molecule has 1 heterocycles. The Labute approximate surface area is 122 Å². The SMILES string of the molecule is CC(=O)Nc1cccc(B2OC(=O)CN(C)CC(=O)O2)c1. The number of benzene rings is 1. The fourth-order valence-electron chi connectivity index (χ4n) is 1.94. The number of carbonyl (C=O) groups excluding carboxylic acids is 3. The molecule has 1 amide bonds. The third-order valence-corrected chi connectivity index (χ3v) is 2.75. The van der Waals surface area contributed by atoms with Crippen LogP contribution in [0.3, 0.4) is 0 Å². The number of carbonyl (C=O) groups is 3. The highest BCUT2D eigenvalue weighted by Gasteiger charge is 2.33. The first-order valence-electron chi connectivity index (χ1n) is 6.39. The summed E-state index contributed by atoms with van der Waals surface area (Å²) >= 11 is 0. The number of nitrogens with one attached hydrogen (secondary N) is 1. The van der Waals surface area contributed by atoms with E-state index in [1.165, 1.54) is 11.8 Å². The highest BCUT2D eigenvalue weighted by molar-refractivity contribution is 6.64. The Morgan fingerprint density at radius 3 is 2.43 bits per heavy atom. The molecule has 110 valence electrons. The third kappa shape index (κ3) is 4.32. The van der Waals surface area contributed by atoms with Crippen LogP contribution in [0.2, 0.25) is 0 Å². The molecule has 0 bridgehead atoms. The average molecular weight is 290 g/mol. The number of nitrogens with zero attached hydrogens (tertiary/aromatic N) is 1. The fraction of sp³-hybridized carbons (Fsp3) is 0.308. The van der Waals surface area contributed by atoms with Crippen molar-refractivity contribution in [1.82, 2.24) is 4.90 Å². The van der Waals surface area contributed by atoms with Gasteiger partial charge in [0.15, 0.2) is 0 Å². The van der Waals surface area contributed by atoms with Gasteiger partial charge in [0.1, 0.15) is 0 Å². The number of rotatable bonds is 2. The van der Waals surface area contributed by atoms with Gasteiger partial charge < -0.3 is 14.6 Å². The molecule has 2 rings (SSSR count). The standard InChI is InChI=1S/C13H15BN2O5/c1-9(17)15-11-5-3-4-10(6-11)14-20-12(18)7-16(2)8-13(19)21-14/h3-6H,7-8H2,1-2H3,(H,15,17). The monoisotopic (exact) mass is 290 g/mol. The van der Waals surface area contributed by atoms with Crippen molar-refractivity contribution in [2.45, 2.75) is 6.92 Å². The largest absolute Gasteiger partial charge is 0.636 e. The summed E-state index contributed by atoms with van der Waals surface area (Å²) in [6, 6.07) is 6.61. The predicted molar refractivity (Wildman–Crippen MR) is 75.8 cm³/mol. The summed E-state index contributed by atoms with van der Waals surface area (Å²) in [6.07, 6.45) is 0. The number of anilines is 1. The van der Waals surface area contributed by atoms with Crippen LogP contribution in [-0.2, 0) is 23.7 Å². The van der Waals surface area contributed by atoms with Crippen molar-refractivity contribution >= 4 is 36.1 Å². The van der Waals surface area contributed by atoms with Crippen LogP contribution >= 0.6 is 0 Å². The fourth-order valence-corrected chi connectivity index (χ4v) is 1.94. The van der Waals surface area contributed by atoms with Crippen molar-refractivity contribution < 1.29 is 23.7 Å². The van der Waals surface area contributed by atoms with Crippen molar-refractivity contribution in [2.24, 2.45) is 0 Å². The van der Waals surface area contributed by atoms with Crippen LogP contribution in [0.25, 0.3) is 0 Å². The molecule has 0 unspecified atom stereocenters. The quantitative estimate of drug-likeness (QED) is 0.730. The van der Waals surface area contributed by atoms with E-state index in [-0.39, 0.29) is 19.0 Å². The van der Waals surface area contributed by atoms with Crippen LogP contribution in [0.4, 0.5) is 5.69 Å². The summed E-state index contributed by atoms with van der Waals surface area (Å²) in [6.45, 7) is 1.41. The minimum Gasteiger partial charge on any atom is -0.494 e. The van der Waals surface area contributed by atoms with Crippen molar-refractivity contribution in [1.29, 1.82) is 0 Å². The van der Waals surface area contributed by atoms with E-state index in [9.17, 15) is 14.4 Å². The lowest BCUT2D eigenvalue weighted by Crippen LogP contribution is -2.47. The summed E-state index contributed by atoms with van der Waals surface area (Å²) in [4.78, 5) is 35.9. The second-order valence-electron chi connectivity index (χ2n) is 4.79. The van der Waals surface area contributed by atoms with Gasteiger partial charge in [0.05, 0.1) is 13.1 Å². The molecule has 8 heteroatoms. The molecule has 0 aromatic heterocycles. The topological polar surface area (TPSA) is 84.9 Å². The molecule has 1 fully saturated rings. The second kappa shape index (κ2) is 6.40. The lowest BCUT2D eigenvalue weighted by molar-refractivity contribution is -0.145. The molecule has 7 nitrogen and oxygen atoms in total. The molecule has 1 aliphatic rings. The van der Waals surface area contributed by atoms with Crippen molar-refractivity contribution in [3.05, 3.63) is 24.3 Å². The molecule has 1 aliphatic heterocycles. The van der Waals surface area contributed by atoms with E-state index in [1.54, 1.807) is 31.3 Å². The van der Waals surface area contributed by atoms with Gasteiger partial charge >= 0.3 is 19.1 Å². The molecule has 1 N–H and O–H groups in total. The number of hydrogen-bond acceptors (Lipinski definition) is 6. The molecular weight excluding hydrogens is 275 g/mol. The Bertz CT molecular complexity index is 557. The molecule has 0 saturated carbocycles. The minimum absolute atomic E-state index is 0.0109. The normalized spacial score (nSPS) is 16.6. The van der Waals surface area contributed by atoms with Gasteiger partial charge in [0.25, 0.3) is 0 Å². The molecule has 21 heavy (non-hydrogen) atoms. The Morgan fingerprint density at radius 1 is 1.24 bits per heavy atom. The first-order chi connectivity index (χ1) is 9.94. The summed E-state index contributed by atoms with van der Waals surface area (Å²) in [5, 5.41) is 2.61. The zero-order valence-corrected chi connectivity index (χ0v) is 11.8. The van der Waals surface area contributed by atoms with Crippen molar-refractivity contribution in [3.8, 4) is 0 Å². The number of likely N-dealkylation sites (N-methyl/N-ethyl adjacent to an activating group) is 1. The van der Waals surface area contributed by atoms with Crippen LogP contribution < -0.4 is 10.8 Å². The van der Waals surface area contributed by atoms with Gasteiger partial charge in [-0.25, -0.2) is 0 Å². The molecule has 0 radical (unpaired) electrons. The number of hydrogen-bond donors (Lipinski definition) is 1. The van der Waals surface area contributed by atoms with E-state index in [0.29, 0.717) is 11.2 Å². The average Bonchev–Trinajstić information content (AvgIpc) is 2.35. The van der Waals surface area contributed by atoms with Gasteiger partial charge in [-0.15, -0.1) is 0 Å². The Morgan fingerprint density at radius 2 is 1.86 bits per heavy atom. The van der Waals surface area contributed by atoms with Crippen LogP contribution in [0.5, 0.6) is 0 Å². The Hall–Kier alpha value is -2.35. The van der Waals surface area contributed by atoms with Gasteiger partial charge in [0, 0.05) is 18.1 Å². The lowest BCUT2D eigenvalue weighted by atomic mass is 9.78. The first kappa shape index (κ1) is 15.1. The van der Waals surface area contributed by atoms with Crippen LogP contribution in [-0.4, -0.2) is 50.0 Å². The van der Waals surface area contributed by atoms with E-state index < -0.39 is 19.1 Å². The summed E-state index contributed by atoms with van der Waals surface area (Å²) in [5.74, 6) is -1.19. The maximum Gasteiger partial charge on any atom is 0.636 e. The first-order valence-corrected chi connectivity index (χ1v) is 6.39. The minimum atomic E-state index is -1.10. The molecule has 1 aromatic carbocycles. The second-order valence-corrected chi connectivity index (χ2v) is 4.79. The molecule has 1 saturated heterocycles. The number of amides is 1. The van der Waals surface area contributed by atoms with E-state index in [4.69, 9.17) is 9.31 Å². The van der Waals surface area contributed by atoms with E-state index in [0.717, 1.165) is 0 Å². The van der Waals surface area contributed by atoms with Crippen molar-refractivity contribution in [3.63, 3.8) is 0 Å². The molecular formula is C13H15BN2O5. The lowest BCUT2D eigenvalue weighted by Gasteiger charge is -2.22. The van der Waals surface area contributed by atoms with Gasteiger partial charge in [-0.1, -0.05) is 12.1 Å². The van der Waals surface area contributed by atoms with Gasteiger partial charge in [-0.3, -0.25) is 19.3 Å². The van der Waals surface area contributed by atoms with E-state index in [1.807, 2.05) is 0 Å². The predicted octanol–water partition coefficient (Wildman–Crippen LogP) is -0.628. The Kier molecular flexibility index (Phi) is 4.59. The van der Waals surface area contributed by atoms with E-state index >= 15 is 0 Å². The summed E-state index contributed by atoms with van der Waals surface area (Å²) < 4.78 is 10.3. The van der Waals surface area contributed by atoms with Crippen LogP contribution in [0, 0.1) is 0 Å². The van der Waals surface area contributed by atoms with Crippen LogP contribution in [0.15, 0.2) is 24.3 Å². The van der Waals surface area contributed by atoms with E-state index in [2.05, 4.69) is 5.32 Å². The molecule has 1 aromatic rings. The molecule has 0 spiro atoms. The zero-order valence-electron chi connectivity index (χ0n) is 11.8. The summed E-state index contributed by atoms with van der Waals surface area (Å²) in [5.41, 5.74) is 1.01. The highest BCUT2D eigenvalue weighted by Crippen LogP contribution is 2.07. The van der Waals surface area contributed by atoms with Crippen LogP contribution in [0.1, 0.15) is 6.92 Å². The molecule has 0 atom stereocenters. The van der Waals surface area contributed by atoms with Gasteiger partial charge in [0.2, 0.25) is 5.91 Å². The Balaban J connectivity index is 2.20. The smallest absolute Gasteiger partial charge is 0.494 e. The zero-order chi connectivity index (χ0) is 15.4. The molecule has 0 aliphatic carbocycles. The third-order valence-electron chi connectivity index (χ3n) is 2.75.